The van der Waals surface area contributed by atoms with Crippen LogP contribution in [0.15, 0.2) is 46.0 Å². The van der Waals surface area contributed by atoms with Crippen molar-refractivity contribution in [3.05, 3.63) is 53.5 Å². The highest BCUT2D eigenvalue weighted by Crippen LogP contribution is 2.13. The van der Waals surface area contributed by atoms with Gasteiger partial charge in [-0.1, -0.05) is 12.1 Å². The highest BCUT2D eigenvalue weighted by molar-refractivity contribution is 5.92. The lowest BCUT2D eigenvalue weighted by Gasteiger charge is -2.11. The molecule has 7 nitrogen and oxygen atoms in total. The Morgan fingerprint density at radius 1 is 1.19 bits per heavy atom. The first-order chi connectivity index (χ1) is 13.1. The number of ether oxygens (including phenoxy) is 1. The Hall–Kier alpha value is -2.96. The number of amides is 1. The Kier molecular flexibility index (Phi) is 8.22. The van der Waals surface area contributed by atoms with Gasteiger partial charge in [0.15, 0.2) is 11.7 Å². The fourth-order valence-corrected chi connectivity index (χ4v) is 2.47. The van der Waals surface area contributed by atoms with Crippen LogP contribution in [0, 0.1) is 6.92 Å². The number of nitrogens with zero attached hydrogens (tertiary/aromatic N) is 1. The van der Waals surface area contributed by atoms with Crippen LogP contribution in [-0.4, -0.2) is 38.6 Å². The molecule has 2 aromatic rings. The molecular weight excluding hydrogens is 344 g/mol. The molecular formula is C20H28N4O3. The largest absolute Gasteiger partial charge is 0.497 e. The Balaban J connectivity index is 1.75. The van der Waals surface area contributed by atoms with Crippen LogP contribution in [0.5, 0.6) is 5.75 Å². The van der Waals surface area contributed by atoms with Crippen molar-refractivity contribution >= 4 is 11.9 Å². The van der Waals surface area contributed by atoms with E-state index in [9.17, 15) is 4.79 Å². The summed E-state index contributed by atoms with van der Waals surface area (Å²) >= 11 is 0. The molecule has 1 heterocycles. The average Bonchev–Trinajstić information content (AvgIpc) is 3.11. The molecule has 1 aromatic heterocycles. The molecule has 0 spiro atoms. The number of hydrogen-bond acceptors (Lipinski definition) is 4. The second kappa shape index (κ2) is 10.9. The van der Waals surface area contributed by atoms with Crippen molar-refractivity contribution in [2.75, 3.05) is 26.7 Å². The van der Waals surface area contributed by atoms with Crippen LogP contribution in [0.2, 0.25) is 0 Å². The molecule has 1 aromatic carbocycles. The summed E-state index contributed by atoms with van der Waals surface area (Å²) in [5.74, 6) is 1.75. The molecule has 27 heavy (non-hydrogen) atoms. The van der Waals surface area contributed by atoms with E-state index in [1.165, 1.54) is 6.26 Å². The first-order valence-electron chi connectivity index (χ1n) is 9.11. The van der Waals surface area contributed by atoms with E-state index in [-0.39, 0.29) is 5.91 Å². The summed E-state index contributed by atoms with van der Waals surface area (Å²) in [5.41, 5.74) is 1.91. The SMILES string of the molecule is CCNC(=NCc1cccc(OC)c1)NCCCNC(=O)c1occc1C. The first-order valence-corrected chi connectivity index (χ1v) is 9.11. The Labute approximate surface area is 160 Å². The lowest BCUT2D eigenvalue weighted by molar-refractivity contribution is 0.0925. The predicted octanol–water partition coefficient (Wildman–Crippen LogP) is 2.47. The third-order valence-corrected chi connectivity index (χ3v) is 3.90. The quantitative estimate of drug-likeness (QED) is 0.358. The zero-order chi connectivity index (χ0) is 19.5. The van der Waals surface area contributed by atoms with Gasteiger partial charge in [0.2, 0.25) is 0 Å². The van der Waals surface area contributed by atoms with Crippen LogP contribution in [0.3, 0.4) is 0 Å². The summed E-state index contributed by atoms with van der Waals surface area (Å²) in [7, 11) is 1.65. The molecule has 3 N–H and O–H groups in total. The number of carbonyl (C=O) groups is 1. The maximum atomic E-state index is 12.0. The van der Waals surface area contributed by atoms with Gasteiger partial charge >= 0.3 is 0 Å². The number of benzene rings is 1. The number of guanidine groups is 1. The van der Waals surface area contributed by atoms with Crippen LogP contribution >= 0.6 is 0 Å². The van der Waals surface area contributed by atoms with Gasteiger partial charge < -0.3 is 25.1 Å². The maximum absolute atomic E-state index is 12.0. The predicted molar refractivity (Wildman–Crippen MR) is 106 cm³/mol. The van der Waals surface area contributed by atoms with E-state index in [0.29, 0.717) is 25.4 Å². The van der Waals surface area contributed by atoms with Crippen molar-refractivity contribution in [3.8, 4) is 5.75 Å². The van der Waals surface area contributed by atoms with Gasteiger partial charge in [0, 0.05) is 25.2 Å². The van der Waals surface area contributed by atoms with E-state index in [0.717, 1.165) is 35.8 Å². The molecule has 0 aliphatic heterocycles. The Bertz CT molecular complexity index is 755. The van der Waals surface area contributed by atoms with E-state index in [1.54, 1.807) is 13.2 Å². The summed E-state index contributed by atoms with van der Waals surface area (Å²) < 4.78 is 10.4. The molecule has 0 bridgehead atoms. The Morgan fingerprint density at radius 3 is 2.70 bits per heavy atom. The minimum absolute atomic E-state index is 0.184. The molecule has 0 fully saturated rings. The third-order valence-electron chi connectivity index (χ3n) is 3.90. The number of hydrogen-bond donors (Lipinski definition) is 3. The van der Waals surface area contributed by atoms with Crippen molar-refractivity contribution < 1.29 is 13.9 Å². The molecule has 0 saturated carbocycles. The summed E-state index contributed by atoms with van der Waals surface area (Å²) in [6.07, 6.45) is 2.29. The van der Waals surface area contributed by atoms with E-state index in [1.807, 2.05) is 38.1 Å². The van der Waals surface area contributed by atoms with Gasteiger partial charge in [-0.2, -0.15) is 0 Å². The highest BCUT2D eigenvalue weighted by Gasteiger charge is 2.11. The summed E-state index contributed by atoms with van der Waals surface area (Å²) in [6.45, 7) is 6.46. The second-order valence-electron chi connectivity index (χ2n) is 6.02. The van der Waals surface area contributed by atoms with Crippen LogP contribution < -0.4 is 20.7 Å². The van der Waals surface area contributed by atoms with E-state index < -0.39 is 0 Å². The van der Waals surface area contributed by atoms with Gasteiger partial charge in [0.25, 0.3) is 5.91 Å². The van der Waals surface area contributed by atoms with E-state index in [2.05, 4.69) is 20.9 Å². The lowest BCUT2D eigenvalue weighted by atomic mass is 10.2. The molecule has 0 radical (unpaired) electrons. The smallest absolute Gasteiger partial charge is 0.287 e. The van der Waals surface area contributed by atoms with Gasteiger partial charge in [-0.15, -0.1) is 0 Å². The van der Waals surface area contributed by atoms with Crippen LogP contribution in [0.1, 0.15) is 35.0 Å². The number of carbonyl (C=O) groups excluding carboxylic acids is 1. The number of aliphatic imine (C=N–C) groups is 1. The van der Waals surface area contributed by atoms with Crippen molar-refractivity contribution in [2.24, 2.45) is 4.99 Å². The fraction of sp³-hybridized carbons (Fsp3) is 0.400. The zero-order valence-corrected chi connectivity index (χ0v) is 16.2. The molecule has 0 atom stereocenters. The number of rotatable bonds is 9. The second-order valence-corrected chi connectivity index (χ2v) is 6.02. The maximum Gasteiger partial charge on any atom is 0.287 e. The monoisotopic (exact) mass is 372 g/mol. The molecule has 0 aliphatic carbocycles. The molecule has 0 unspecified atom stereocenters. The number of methoxy groups -OCH3 is 1. The standard InChI is InChI=1S/C20H28N4O3/c1-4-21-20(24-14-16-7-5-8-17(13-16)26-3)23-11-6-10-22-19(25)18-15(2)9-12-27-18/h5,7-9,12-13H,4,6,10-11,14H2,1-3H3,(H,22,25)(H2,21,23,24). The van der Waals surface area contributed by atoms with Gasteiger partial charge in [-0.25, -0.2) is 4.99 Å². The molecule has 1 amide bonds. The summed E-state index contributed by atoms with van der Waals surface area (Å²) in [4.78, 5) is 16.5. The molecule has 7 heteroatoms. The van der Waals surface area contributed by atoms with Crippen molar-refractivity contribution in [3.63, 3.8) is 0 Å². The topological polar surface area (TPSA) is 87.9 Å². The van der Waals surface area contributed by atoms with Crippen molar-refractivity contribution in [1.82, 2.24) is 16.0 Å². The van der Waals surface area contributed by atoms with Crippen molar-refractivity contribution in [2.45, 2.75) is 26.8 Å². The minimum Gasteiger partial charge on any atom is -0.497 e. The molecule has 0 saturated heterocycles. The van der Waals surface area contributed by atoms with Crippen molar-refractivity contribution in [1.29, 1.82) is 0 Å². The normalized spacial score (nSPS) is 11.1. The van der Waals surface area contributed by atoms with Gasteiger partial charge in [0.05, 0.1) is 19.9 Å². The Morgan fingerprint density at radius 2 is 2.00 bits per heavy atom. The number of furan rings is 1. The summed E-state index contributed by atoms with van der Waals surface area (Å²) in [5, 5.41) is 9.34. The molecule has 0 aliphatic rings. The van der Waals surface area contributed by atoms with Crippen LogP contribution in [-0.2, 0) is 6.54 Å². The zero-order valence-electron chi connectivity index (χ0n) is 16.2. The van der Waals surface area contributed by atoms with Gasteiger partial charge in [0.1, 0.15) is 5.75 Å². The van der Waals surface area contributed by atoms with Crippen LogP contribution in [0.25, 0.3) is 0 Å². The van der Waals surface area contributed by atoms with Gasteiger partial charge in [-0.3, -0.25) is 4.79 Å². The lowest BCUT2D eigenvalue weighted by Crippen LogP contribution is -2.38. The van der Waals surface area contributed by atoms with E-state index in [4.69, 9.17) is 9.15 Å². The number of nitrogens with one attached hydrogen (secondary N) is 3. The average molecular weight is 372 g/mol. The van der Waals surface area contributed by atoms with Gasteiger partial charge in [-0.05, 0) is 44.0 Å². The minimum atomic E-state index is -0.184. The third kappa shape index (κ3) is 6.69. The highest BCUT2D eigenvalue weighted by atomic mass is 16.5. The molecule has 2 rings (SSSR count). The summed E-state index contributed by atoms with van der Waals surface area (Å²) in [6, 6.07) is 9.63. The fourth-order valence-electron chi connectivity index (χ4n) is 2.47. The number of aryl methyl sites for hydroxylation is 1. The van der Waals surface area contributed by atoms with E-state index >= 15 is 0 Å². The van der Waals surface area contributed by atoms with Crippen LogP contribution in [0.4, 0.5) is 0 Å². The molecule has 146 valence electrons. The first kappa shape index (κ1) is 20.4.